The summed E-state index contributed by atoms with van der Waals surface area (Å²) in [6.45, 7) is 1.56. The Morgan fingerprint density at radius 1 is 1.06 bits per heavy atom. The number of allylic oxidation sites excluding steroid dienone is 1. The largest absolute Gasteiger partial charge is 0.427 e. The molecule has 1 aliphatic heterocycles. The van der Waals surface area contributed by atoms with E-state index in [1.807, 2.05) is 0 Å². The molecule has 1 heterocycles. The van der Waals surface area contributed by atoms with Crippen LogP contribution in [0.15, 0.2) is 60.2 Å². The topological polar surface area (TPSA) is 84.0 Å². The zero-order chi connectivity index (χ0) is 24.9. The Hall–Kier alpha value is -3.81. The van der Waals surface area contributed by atoms with Crippen LogP contribution < -0.4 is 9.64 Å². The summed E-state index contributed by atoms with van der Waals surface area (Å²) in [4.78, 5) is 53.4. The maximum atomic E-state index is 13.4. The lowest BCUT2D eigenvalue weighted by atomic mass is 9.96. The van der Waals surface area contributed by atoms with Gasteiger partial charge in [-0.1, -0.05) is 11.6 Å². The van der Waals surface area contributed by atoms with Gasteiger partial charge in [-0.3, -0.25) is 19.2 Å². The summed E-state index contributed by atoms with van der Waals surface area (Å²) < 4.78 is 18.4. The molecule has 3 amide bonds. The quantitative estimate of drug-likeness (QED) is 0.255. The maximum Gasteiger partial charge on any atom is 0.308 e. The fraction of sp³-hybridized carbons (Fsp3) is 0.333. The number of benzene rings is 2. The van der Waals surface area contributed by atoms with Crippen LogP contribution in [0.4, 0.5) is 10.1 Å². The van der Waals surface area contributed by atoms with Crippen LogP contribution in [-0.2, 0) is 14.4 Å². The van der Waals surface area contributed by atoms with Gasteiger partial charge in [0.25, 0.3) is 11.8 Å². The first-order chi connectivity index (χ1) is 16.8. The number of amides is 3. The van der Waals surface area contributed by atoms with E-state index in [9.17, 15) is 23.6 Å². The highest BCUT2D eigenvalue weighted by Crippen LogP contribution is 2.29. The molecule has 0 aromatic heterocycles. The third-order valence-electron chi connectivity index (χ3n) is 6.27. The number of rotatable bonds is 7. The lowest BCUT2D eigenvalue weighted by Crippen LogP contribution is -2.46. The summed E-state index contributed by atoms with van der Waals surface area (Å²) in [7, 11) is 0. The molecule has 4 rings (SSSR count). The summed E-state index contributed by atoms with van der Waals surface area (Å²) in [6, 6.07) is 10.3. The van der Waals surface area contributed by atoms with E-state index in [0.29, 0.717) is 17.9 Å². The molecule has 1 unspecified atom stereocenters. The molecule has 0 bridgehead atoms. The maximum absolute atomic E-state index is 13.4. The van der Waals surface area contributed by atoms with Crippen molar-refractivity contribution in [1.82, 2.24) is 4.90 Å². The number of nitrogens with zero attached hydrogens (tertiary/aromatic N) is 2. The second-order valence-corrected chi connectivity index (χ2v) is 8.74. The van der Waals surface area contributed by atoms with Crippen molar-refractivity contribution in [1.29, 1.82) is 0 Å². The molecule has 182 valence electrons. The third-order valence-corrected chi connectivity index (χ3v) is 6.27. The Labute approximate surface area is 203 Å². The van der Waals surface area contributed by atoms with Crippen molar-refractivity contribution in [2.75, 3.05) is 11.4 Å². The number of esters is 1. The highest BCUT2D eigenvalue weighted by molar-refractivity contribution is 6.23. The van der Waals surface area contributed by atoms with Gasteiger partial charge in [0.05, 0.1) is 12.1 Å². The van der Waals surface area contributed by atoms with Gasteiger partial charge in [-0.25, -0.2) is 9.29 Å². The SMILES string of the molecule is CC(=O)Oc1ccc(N2C(=O)CC(N(CCC3=CCCCC3)C(=O)c3ccc(F)cc3)C2=O)cc1. The average Bonchev–Trinajstić information content (AvgIpc) is 3.14. The molecule has 0 radical (unpaired) electrons. The normalized spacial score (nSPS) is 17.8. The molecule has 2 aliphatic rings. The second-order valence-electron chi connectivity index (χ2n) is 8.74. The first-order valence-corrected chi connectivity index (χ1v) is 11.7. The number of hydrogen-bond acceptors (Lipinski definition) is 5. The predicted molar refractivity (Wildman–Crippen MR) is 127 cm³/mol. The molecular formula is C27H27FN2O5. The zero-order valence-corrected chi connectivity index (χ0v) is 19.5. The molecule has 8 heteroatoms. The van der Waals surface area contributed by atoms with Crippen molar-refractivity contribution in [3.05, 3.63) is 71.6 Å². The van der Waals surface area contributed by atoms with E-state index < -0.39 is 35.5 Å². The number of hydrogen-bond donors (Lipinski definition) is 0. The van der Waals surface area contributed by atoms with Crippen LogP contribution in [0, 0.1) is 5.82 Å². The minimum Gasteiger partial charge on any atom is -0.427 e. The van der Waals surface area contributed by atoms with Gasteiger partial charge in [-0.05, 0) is 80.6 Å². The standard InChI is InChI=1S/C27H27FN2O5/c1-18(31)35-23-13-11-22(12-14-23)30-25(32)17-24(27(30)34)29(16-15-19-5-3-2-4-6-19)26(33)20-7-9-21(28)10-8-20/h5,7-14,24H,2-4,6,15-17H2,1H3. The molecule has 2 aromatic carbocycles. The van der Waals surface area contributed by atoms with Crippen molar-refractivity contribution in [2.24, 2.45) is 0 Å². The minimum atomic E-state index is -0.961. The van der Waals surface area contributed by atoms with Gasteiger partial charge in [0, 0.05) is 19.0 Å². The van der Waals surface area contributed by atoms with Crippen LogP contribution in [0.2, 0.25) is 0 Å². The Kier molecular flexibility index (Phi) is 7.39. The van der Waals surface area contributed by atoms with Crippen LogP contribution in [0.3, 0.4) is 0 Å². The Morgan fingerprint density at radius 3 is 2.40 bits per heavy atom. The molecule has 1 atom stereocenters. The van der Waals surface area contributed by atoms with Crippen LogP contribution in [0.5, 0.6) is 5.75 Å². The van der Waals surface area contributed by atoms with E-state index in [1.54, 1.807) is 0 Å². The van der Waals surface area contributed by atoms with Gasteiger partial charge < -0.3 is 9.64 Å². The summed E-state index contributed by atoms with van der Waals surface area (Å²) in [5.41, 5.74) is 1.83. The highest BCUT2D eigenvalue weighted by atomic mass is 19.1. The van der Waals surface area contributed by atoms with Gasteiger partial charge in [0.15, 0.2) is 0 Å². The molecule has 0 N–H and O–H groups in total. The number of carbonyl (C=O) groups excluding carboxylic acids is 4. The van der Waals surface area contributed by atoms with Crippen LogP contribution >= 0.6 is 0 Å². The number of carbonyl (C=O) groups is 4. The van der Waals surface area contributed by atoms with Crippen molar-refractivity contribution in [3.63, 3.8) is 0 Å². The monoisotopic (exact) mass is 478 g/mol. The van der Waals surface area contributed by atoms with E-state index >= 15 is 0 Å². The number of halogens is 1. The average molecular weight is 479 g/mol. The van der Waals surface area contributed by atoms with Gasteiger partial charge in [0.2, 0.25) is 5.91 Å². The predicted octanol–water partition coefficient (Wildman–Crippen LogP) is 4.42. The van der Waals surface area contributed by atoms with E-state index in [4.69, 9.17) is 4.74 Å². The smallest absolute Gasteiger partial charge is 0.308 e. The van der Waals surface area contributed by atoms with Gasteiger partial charge >= 0.3 is 5.97 Å². The van der Waals surface area contributed by atoms with E-state index in [-0.39, 0.29) is 18.5 Å². The number of ether oxygens (including phenoxy) is 1. The first kappa shape index (κ1) is 24.3. The number of anilines is 1. The molecule has 1 aliphatic carbocycles. The molecule has 1 saturated heterocycles. The van der Waals surface area contributed by atoms with Crippen LogP contribution in [0.1, 0.15) is 55.8 Å². The van der Waals surface area contributed by atoms with E-state index in [0.717, 1.165) is 30.6 Å². The summed E-state index contributed by atoms with van der Waals surface area (Å²) in [5, 5.41) is 0. The van der Waals surface area contributed by atoms with Crippen molar-refractivity contribution in [3.8, 4) is 5.75 Å². The molecule has 0 spiro atoms. The van der Waals surface area contributed by atoms with Gasteiger partial charge in [0.1, 0.15) is 17.6 Å². The first-order valence-electron chi connectivity index (χ1n) is 11.7. The lowest BCUT2D eigenvalue weighted by molar-refractivity contribution is -0.132. The van der Waals surface area contributed by atoms with Crippen molar-refractivity contribution >= 4 is 29.4 Å². The molecular weight excluding hydrogens is 451 g/mol. The fourth-order valence-electron chi connectivity index (χ4n) is 4.51. The molecule has 35 heavy (non-hydrogen) atoms. The summed E-state index contributed by atoms with van der Waals surface area (Å²) in [5.74, 6) is -1.98. The van der Waals surface area contributed by atoms with Crippen molar-refractivity contribution < 1.29 is 28.3 Å². The highest BCUT2D eigenvalue weighted by Gasteiger charge is 2.44. The molecule has 0 saturated carbocycles. The van der Waals surface area contributed by atoms with E-state index in [1.165, 1.54) is 65.9 Å². The Balaban J connectivity index is 1.58. The minimum absolute atomic E-state index is 0.142. The molecule has 2 aromatic rings. The number of imide groups is 1. The summed E-state index contributed by atoms with van der Waals surface area (Å²) >= 11 is 0. The van der Waals surface area contributed by atoms with Crippen LogP contribution in [0.25, 0.3) is 0 Å². The molecule has 7 nitrogen and oxygen atoms in total. The Bertz CT molecular complexity index is 1160. The second kappa shape index (κ2) is 10.6. The fourth-order valence-corrected chi connectivity index (χ4v) is 4.51. The zero-order valence-electron chi connectivity index (χ0n) is 19.5. The summed E-state index contributed by atoms with van der Waals surface area (Å²) in [6.07, 6.45) is 6.84. The van der Waals surface area contributed by atoms with Crippen molar-refractivity contribution in [2.45, 2.75) is 51.5 Å². The van der Waals surface area contributed by atoms with Gasteiger partial charge in [-0.2, -0.15) is 0 Å². The Morgan fingerprint density at radius 2 is 1.77 bits per heavy atom. The van der Waals surface area contributed by atoms with Gasteiger partial charge in [-0.15, -0.1) is 0 Å². The molecule has 1 fully saturated rings. The third kappa shape index (κ3) is 5.65. The van der Waals surface area contributed by atoms with Crippen LogP contribution in [-0.4, -0.2) is 41.2 Å². The van der Waals surface area contributed by atoms with E-state index in [2.05, 4.69) is 6.08 Å². The lowest BCUT2D eigenvalue weighted by Gasteiger charge is -2.28.